The van der Waals surface area contributed by atoms with Crippen molar-refractivity contribution in [2.45, 2.75) is 30.8 Å². The highest BCUT2D eigenvalue weighted by Crippen LogP contribution is 2.35. The molecule has 20 heteroatoms. The minimum absolute atomic E-state index is 0.0172. The number of carbonyl (C=O) groups excluding carboxylic acids is 4. The maximum Gasteiger partial charge on any atom is 0.491 e. The van der Waals surface area contributed by atoms with Gasteiger partial charge < -0.3 is 19.5 Å². The molecule has 0 saturated carbocycles. The highest BCUT2D eigenvalue weighted by molar-refractivity contribution is 5.82. The van der Waals surface area contributed by atoms with Gasteiger partial charge in [-0.15, -0.1) is 0 Å². The minimum atomic E-state index is -5.82. The number of ether oxygens (including phenoxy) is 3. The molecule has 1 amide bonds. The van der Waals surface area contributed by atoms with E-state index in [9.17, 15) is 71.9 Å². The van der Waals surface area contributed by atoms with Crippen LogP contribution in [0, 0.1) is 0 Å². The smallest absolute Gasteiger partial charge is 0.449 e. The van der Waals surface area contributed by atoms with E-state index < -0.39 is 78.2 Å². The van der Waals surface area contributed by atoms with E-state index in [0.29, 0.717) is 6.07 Å². The van der Waals surface area contributed by atoms with E-state index in [-0.39, 0.29) is 12.1 Å². The van der Waals surface area contributed by atoms with Crippen molar-refractivity contribution < 1.29 is 86.1 Å². The monoisotopic (exact) mass is 553 g/mol. The third-order valence-electron chi connectivity index (χ3n) is 3.39. The number of nitrogens with one attached hydrogen (secondary N) is 1. The van der Waals surface area contributed by atoms with E-state index >= 15 is 0 Å². The van der Waals surface area contributed by atoms with Crippen LogP contribution < -0.4 is 14.8 Å². The summed E-state index contributed by atoms with van der Waals surface area (Å²) in [6, 6.07) is 0.423. The van der Waals surface area contributed by atoms with Crippen LogP contribution in [0.25, 0.3) is 0 Å². The summed E-state index contributed by atoms with van der Waals surface area (Å²) in [5.74, 6) is -15.3. The first-order valence-corrected chi connectivity index (χ1v) is 8.38. The van der Waals surface area contributed by atoms with Gasteiger partial charge in [-0.3, -0.25) is 4.79 Å². The lowest BCUT2D eigenvalue weighted by molar-refractivity contribution is -0.205. The van der Waals surface area contributed by atoms with Crippen molar-refractivity contribution in [3.8, 4) is 11.5 Å². The summed E-state index contributed by atoms with van der Waals surface area (Å²) in [4.78, 5) is 44.0. The summed E-state index contributed by atoms with van der Waals surface area (Å²) in [5.41, 5.74) is -1.05. The van der Waals surface area contributed by atoms with E-state index in [1.54, 1.807) is 0 Å². The number of benzene rings is 1. The number of esters is 3. The molecule has 1 aromatic carbocycles. The van der Waals surface area contributed by atoms with Gasteiger partial charge in [0, 0.05) is 0 Å². The second-order valence-electron chi connectivity index (χ2n) is 6.08. The van der Waals surface area contributed by atoms with E-state index in [0.717, 1.165) is 5.32 Å². The minimum Gasteiger partial charge on any atom is -0.449 e. The molecule has 1 rings (SSSR count). The van der Waals surface area contributed by atoms with Crippen molar-refractivity contribution in [1.82, 2.24) is 5.32 Å². The number of alkyl halides is 12. The first kappa shape index (κ1) is 30.3. The zero-order chi connectivity index (χ0) is 28.3. The second kappa shape index (κ2) is 10.5. The molecule has 36 heavy (non-hydrogen) atoms. The molecule has 1 N–H and O–H groups in total. The molecule has 0 heterocycles. The molecule has 0 aliphatic carbocycles. The lowest BCUT2D eigenvalue weighted by atomic mass is 10.1. The molecule has 0 aliphatic heterocycles. The van der Waals surface area contributed by atoms with Crippen LogP contribution in [0.2, 0.25) is 0 Å². The van der Waals surface area contributed by atoms with Gasteiger partial charge in [0.15, 0.2) is 11.5 Å². The molecule has 0 radical (unpaired) electrons. The standard InChI is InChI=1S/C16H7F12NO7/c17-13(18,19)9(30)29-4-8(36-12(33)16(26,27)28)5-1-2-6(34-10(31)14(20,21)22)7(3-5)35-11(32)15(23,24)25/h1-3,8H,4H2,(H,29,30). The van der Waals surface area contributed by atoms with Crippen molar-refractivity contribution in [1.29, 1.82) is 0 Å². The van der Waals surface area contributed by atoms with Gasteiger partial charge in [-0.2, -0.15) is 52.7 Å². The lowest BCUT2D eigenvalue weighted by Gasteiger charge is -2.21. The summed E-state index contributed by atoms with van der Waals surface area (Å²) in [5, 5.41) is 0.999. The molecule has 0 fully saturated rings. The third-order valence-corrected chi connectivity index (χ3v) is 3.39. The molecule has 1 unspecified atom stereocenters. The Bertz CT molecular complexity index is 1010. The maximum absolute atomic E-state index is 12.5. The summed E-state index contributed by atoms with van der Waals surface area (Å²) >= 11 is 0. The van der Waals surface area contributed by atoms with Crippen LogP contribution >= 0.6 is 0 Å². The number of hydrogen-bond acceptors (Lipinski definition) is 7. The van der Waals surface area contributed by atoms with Gasteiger partial charge in [0.2, 0.25) is 0 Å². The fourth-order valence-electron chi connectivity index (χ4n) is 1.91. The highest BCUT2D eigenvalue weighted by Gasteiger charge is 2.45. The Kier molecular flexibility index (Phi) is 8.82. The van der Waals surface area contributed by atoms with Crippen LogP contribution in [0.3, 0.4) is 0 Å². The number of amides is 1. The first-order chi connectivity index (χ1) is 16.0. The number of hydrogen-bond donors (Lipinski definition) is 1. The van der Waals surface area contributed by atoms with Crippen LogP contribution in [0.1, 0.15) is 11.7 Å². The van der Waals surface area contributed by atoms with E-state index in [2.05, 4.69) is 14.2 Å². The molecule has 8 nitrogen and oxygen atoms in total. The van der Waals surface area contributed by atoms with Gasteiger partial charge in [0.05, 0.1) is 6.54 Å². The zero-order valence-corrected chi connectivity index (χ0v) is 16.4. The SMILES string of the molecule is O=C(NCC(OC(=O)C(F)(F)F)c1ccc(OC(=O)C(F)(F)F)c(OC(=O)C(F)(F)F)c1)C(F)(F)F. The molecular weight excluding hydrogens is 546 g/mol. The molecule has 202 valence electrons. The molecule has 0 saturated heterocycles. The predicted molar refractivity (Wildman–Crippen MR) is 83.8 cm³/mol. The summed E-state index contributed by atoms with van der Waals surface area (Å²) < 4.78 is 161. The average molecular weight is 553 g/mol. The van der Waals surface area contributed by atoms with E-state index in [4.69, 9.17) is 0 Å². The molecule has 0 aromatic heterocycles. The molecule has 0 bridgehead atoms. The van der Waals surface area contributed by atoms with Crippen LogP contribution in [0.15, 0.2) is 18.2 Å². The van der Waals surface area contributed by atoms with E-state index in [1.165, 1.54) is 0 Å². The Labute approximate surface area is 189 Å². The normalized spacial score (nSPS) is 13.4. The summed E-state index contributed by atoms with van der Waals surface area (Å²) in [6.45, 7) is -1.62. The molecule has 1 atom stereocenters. The Morgan fingerprint density at radius 3 is 1.53 bits per heavy atom. The van der Waals surface area contributed by atoms with Gasteiger partial charge in [0.25, 0.3) is 0 Å². The Balaban J connectivity index is 3.50. The number of carbonyl (C=O) groups is 4. The fraction of sp³-hybridized carbons (Fsp3) is 0.375. The largest absolute Gasteiger partial charge is 0.491 e. The van der Waals surface area contributed by atoms with Crippen LogP contribution in [0.5, 0.6) is 11.5 Å². The Morgan fingerprint density at radius 2 is 1.11 bits per heavy atom. The van der Waals surface area contributed by atoms with Crippen molar-refractivity contribution >= 4 is 23.8 Å². The fourth-order valence-corrected chi connectivity index (χ4v) is 1.91. The second-order valence-corrected chi connectivity index (χ2v) is 6.08. The van der Waals surface area contributed by atoms with Crippen LogP contribution in [-0.4, -0.2) is 55.1 Å². The zero-order valence-electron chi connectivity index (χ0n) is 16.4. The number of halogens is 12. The summed E-state index contributed by atoms with van der Waals surface area (Å²) in [6.07, 6.45) is -25.5. The molecule has 0 aliphatic rings. The quantitative estimate of drug-likeness (QED) is 0.327. The lowest BCUT2D eigenvalue weighted by Crippen LogP contribution is -2.40. The molecule has 1 aromatic rings. The van der Waals surface area contributed by atoms with Gasteiger partial charge in [-0.05, 0) is 17.7 Å². The van der Waals surface area contributed by atoms with Crippen molar-refractivity contribution in [2.24, 2.45) is 0 Å². The summed E-state index contributed by atoms with van der Waals surface area (Å²) in [7, 11) is 0. The van der Waals surface area contributed by atoms with Gasteiger partial charge in [-0.25, -0.2) is 14.4 Å². The Hall–Kier alpha value is -3.74. The van der Waals surface area contributed by atoms with Gasteiger partial charge in [0.1, 0.15) is 6.10 Å². The van der Waals surface area contributed by atoms with Crippen molar-refractivity contribution in [2.75, 3.05) is 6.54 Å². The Morgan fingerprint density at radius 1 is 0.667 bits per heavy atom. The highest BCUT2D eigenvalue weighted by atomic mass is 19.4. The van der Waals surface area contributed by atoms with Gasteiger partial charge in [-0.1, -0.05) is 6.07 Å². The van der Waals surface area contributed by atoms with Crippen molar-refractivity contribution in [3.63, 3.8) is 0 Å². The first-order valence-electron chi connectivity index (χ1n) is 8.38. The molecule has 0 spiro atoms. The maximum atomic E-state index is 12.5. The predicted octanol–water partition coefficient (Wildman–Crippen LogP) is 3.45. The average Bonchev–Trinajstić information content (AvgIpc) is 2.68. The number of rotatable bonds is 6. The topological polar surface area (TPSA) is 108 Å². The van der Waals surface area contributed by atoms with Gasteiger partial charge >= 0.3 is 48.5 Å². The van der Waals surface area contributed by atoms with Crippen molar-refractivity contribution in [3.05, 3.63) is 23.8 Å². The van der Waals surface area contributed by atoms with Crippen LogP contribution in [-0.2, 0) is 23.9 Å². The molecular formula is C16H7F12NO7. The van der Waals surface area contributed by atoms with E-state index in [1.807, 2.05) is 0 Å². The third kappa shape index (κ3) is 8.80. The van der Waals surface area contributed by atoms with Crippen LogP contribution in [0.4, 0.5) is 52.7 Å².